The van der Waals surface area contributed by atoms with Crippen LogP contribution in [0.3, 0.4) is 0 Å². The Morgan fingerprint density at radius 1 is 1.06 bits per heavy atom. The van der Waals surface area contributed by atoms with E-state index < -0.39 is 45.2 Å². The van der Waals surface area contributed by atoms with Crippen molar-refractivity contribution < 1.29 is 44.3 Å². The number of aromatic nitrogens is 1. The van der Waals surface area contributed by atoms with Gasteiger partial charge in [-0.05, 0) is 36.8 Å². The number of fused-ring (bicyclic) bond motifs is 1. The standard InChI is InChI=1S/C19H16F6N2O4S/c20-18(21,22)12-1-3-13(4-2-12)31-16-5-8-26-15-11-27(9-6-14(15)16)17(28)7-10-32(29,30)19(23,24)25/h1-5,8H,6-7,9-11H2. The number of carbonyl (C=O) groups excluding carboxylic acids is 1. The molecule has 13 heteroatoms. The highest BCUT2D eigenvalue weighted by atomic mass is 32.2. The molecule has 0 spiro atoms. The number of hydrogen-bond acceptors (Lipinski definition) is 5. The zero-order chi connectivity index (χ0) is 23.7. The third-order valence-electron chi connectivity index (χ3n) is 4.77. The Kier molecular flexibility index (Phi) is 6.40. The van der Waals surface area contributed by atoms with E-state index in [1.807, 2.05) is 0 Å². The molecule has 1 aliphatic heterocycles. The van der Waals surface area contributed by atoms with Crippen LogP contribution in [-0.4, -0.2) is 42.0 Å². The van der Waals surface area contributed by atoms with E-state index in [9.17, 15) is 39.6 Å². The molecule has 0 atom stereocenters. The molecule has 0 aliphatic carbocycles. The van der Waals surface area contributed by atoms with Gasteiger partial charge in [-0.1, -0.05) is 0 Å². The number of rotatable bonds is 5. The third kappa shape index (κ3) is 5.31. The van der Waals surface area contributed by atoms with Crippen LogP contribution in [0.2, 0.25) is 0 Å². The van der Waals surface area contributed by atoms with Gasteiger partial charge in [-0.15, -0.1) is 0 Å². The minimum atomic E-state index is -5.42. The number of halogens is 6. The molecule has 1 amide bonds. The number of ether oxygens (including phenoxy) is 1. The molecule has 3 rings (SSSR count). The predicted molar refractivity (Wildman–Crippen MR) is 99.3 cm³/mol. The van der Waals surface area contributed by atoms with E-state index in [2.05, 4.69) is 4.98 Å². The first-order valence-corrected chi connectivity index (χ1v) is 10.8. The molecule has 1 aliphatic rings. The molecule has 1 aromatic heterocycles. The number of sulfone groups is 1. The van der Waals surface area contributed by atoms with Crippen molar-refractivity contribution in [2.45, 2.75) is 31.1 Å². The first-order chi connectivity index (χ1) is 14.8. The maximum atomic E-state index is 12.7. The minimum Gasteiger partial charge on any atom is -0.457 e. The molecule has 0 fully saturated rings. The van der Waals surface area contributed by atoms with Gasteiger partial charge in [0.1, 0.15) is 11.5 Å². The number of pyridine rings is 1. The number of carbonyl (C=O) groups is 1. The number of hydrogen-bond donors (Lipinski definition) is 0. The van der Waals surface area contributed by atoms with Crippen LogP contribution in [0.25, 0.3) is 0 Å². The summed E-state index contributed by atoms with van der Waals surface area (Å²) in [6.07, 6.45) is -3.72. The Balaban J connectivity index is 1.68. The molecule has 0 radical (unpaired) electrons. The zero-order valence-corrected chi connectivity index (χ0v) is 17.0. The fourth-order valence-corrected chi connectivity index (χ4v) is 3.74. The maximum absolute atomic E-state index is 12.7. The van der Waals surface area contributed by atoms with Gasteiger partial charge in [-0.3, -0.25) is 9.78 Å². The molecule has 0 N–H and O–H groups in total. The lowest BCUT2D eigenvalue weighted by Crippen LogP contribution is -2.38. The SMILES string of the molecule is O=C(CCS(=O)(=O)C(F)(F)F)N1CCc2c(Oc3ccc(C(F)(F)F)cc3)ccnc2C1. The first-order valence-electron chi connectivity index (χ1n) is 9.16. The van der Waals surface area contributed by atoms with Crippen molar-refractivity contribution in [3.05, 3.63) is 53.3 Å². The lowest BCUT2D eigenvalue weighted by atomic mass is 10.0. The van der Waals surface area contributed by atoms with Gasteiger partial charge in [-0.2, -0.15) is 26.3 Å². The molecule has 0 bridgehead atoms. The molecular weight excluding hydrogens is 466 g/mol. The second-order valence-corrected chi connectivity index (χ2v) is 9.04. The highest BCUT2D eigenvalue weighted by Crippen LogP contribution is 2.34. The number of benzene rings is 1. The lowest BCUT2D eigenvalue weighted by Gasteiger charge is -2.29. The molecule has 174 valence electrons. The van der Waals surface area contributed by atoms with Crippen molar-refractivity contribution in [2.24, 2.45) is 0 Å². The summed E-state index contributed by atoms with van der Waals surface area (Å²) in [5.41, 5.74) is -5.26. The minimum absolute atomic E-state index is 0.0650. The zero-order valence-electron chi connectivity index (χ0n) is 16.2. The van der Waals surface area contributed by atoms with Gasteiger partial charge in [0, 0.05) is 24.7 Å². The van der Waals surface area contributed by atoms with Crippen LogP contribution in [0, 0.1) is 0 Å². The molecule has 6 nitrogen and oxygen atoms in total. The Morgan fingerprint density at radius 3 is 2.31 bits per heavy atom. The van der Waals surface area contributed by atoms with Gasteiger partial charge in [0.05, 0.1) is 23.6 Å². The highest BCUT2D eigenvalue weighted by molar-refractivity contribution is 7.92. The summed E-state index contributed by atoms with van der Waals surface area (Å²) in [5, 5.41) is 0. The molecule has 0 saturated heterocycles. The van der Waals surface area contributed by atoms with E-state index in [0.29, 0.717) is 17.0 Å². The average Bonchev–Trinajstić information content (AvgIpc) is 2.71. The van der Waals surface area contributed by atoms with E-state index >= 15 is 0 Å². The molecule has 0 saturated carbocycles. The van der Waals surface area contributed by atoms with Crippen molar-refractivity contribution in [1.29, 1.82) is 0 Å². The van der Waals surface area contributed by atoms with Gasteiger partial charge < -0.3 is 9.64 Å². The van der Waals surface area contributed by atoms with Crippen LogP contribution in [0.4, 0.5) is 26.3 Å². The Labute approximate surface area is 178 Å². The van der Waals surface area contributed by atoms with Crippen molar-refractivity contribution >= 4 is 15.7 Å². The van der Waals surface area contributed by atoms with E-state index in [-0.39, 0.29) is 25.3 Å². The summed E-state index contributed by atoms with van der Waals surface area (Å²) in [7, 11) is -5.40. The second-order valence-electron chi connectivity index (χ2n) is 6.94. The van der Waals surface area contributed by atoms with Gasteiger partial charge in [-0.25, -0.2) is 8.42 Å². The van der Waals surface area contributed by atoms with Crippen LogP contribution in [-0.2, 0) is 33.8 Å². The summed E-state index contributed by atoms with van der Waals surface area (Å²) in [5.74, 6) is -1.63. The normalized spacial score (nSPS) is 14.8. The van der Waals surface area contributed by atoms with Crippen LogP contribution < -0.4 is 4.74 Å². The fourth-order valence-electron chi connectivity index (χ4n) is 3.07. The lowest BCUT2D eigenvalue weighted by molar-refractivity contribution is -0.137. The van der Waals surface area contributed by atoms with E-state index in [1.54, 1.807) is 0 Å². The smallest absolute Gasteiger partial charge is 0.457 e. The highest BCUT2D eigenvalue weighted by Gasteiger charge is 2.45. The van der Waals surface area contributed by atoms with Gasteiger partial charge in [0.2, 0.25) is 15.7 Å². The van der Waals surface area contributed by atoms with Crippen molar-refractivity contribution in [2.75, 3.05) is 12.3 Å². The summed E-state index contributed by atoms with van der Waals surface area (Å²) >= 11 is 0. The van der Waals surface area contributed by atoms with Gasteiger partial charge in [0.15, 0.2) is 0 Å². The van der Waals surface area contributed by atoms with Crippen molar-refractivity contribution in [3.8, 4) is 11.5 Å². The topological polar surface area (TPSA) is 76.6 Å². The van der Waals surface area contributed by atoms with Crippen molar-refractivity contribution in [3.63, 3.8) is 0 Å². The van der Waals surface area contributed by atoms with Crippen LogP contribution in [0.1, 0.15) is 23.2 Å². The van der Waals surface area contributed by atoms with Crippen LogP contribution in [0.15, 0.2) is 36.5 Å². The third-order valence-corrected chi connectivity index (χ3v) is 6.22. The summed E-state index contributed by atoms with van der Waals surface area (Å²) in [6, 6.07) is 5.57. The second kappa shape index (κ2) is 8.60. The number of alkyl halides is 6. The average molecular weight is 482 g/mol. The molecule has 2 aromatic rings. The van der Waals surface area contributed by atoms with Crippen LogP contribution in [0.5, 0.6) is 11.5 Å². The van der Waals surface area contributed by atoms with E-state index in [4.69, 9.17) is 4.74 Å². The molecule has 1 aromatic carbocycles. The Morgan fingerprint density at radius 2 is 1.72 bits per heavy atom. The van der Waals surface area contributed by atoms with E-state index in [1.165, 1.54) is 17.2 Å². The summed E-state index contributed by atoms with van der Waals surface area (Å²) in [6.45, 7) is 0.0252. The van der Waals surface area contributed by atoms with E-state index in [0.717, 1.165) is 24.3 Å². The monoisotopic (exact) mass is 482 g/mol. The number of nitrogens with zero attached hydrogens (tertiary/aromatic N) is 2. The summed E-state index contributed by atoms with van der Waals surface area (Å²) in [4.78, 5) is 17.5. The maximum Gasteiger partial charge on any atom is 0.497 e. The molecule has 2 heterocycles. The van der Waals surface area contributed by atoms with Gasteiger partial charge in [0.25, 0.3) is 0 Å². The quantitative estimate of drug-likeness (QED) is 0.600. The molecular formula is C19H16F6N2O4S. The fraction of sp³-hybridized carbons (Fsp3) is 0.368. The van der Waals surface area contributed by atoms with Crippen molar-refractivity contribution in [1.82, 2.24) is 9.88 Å². The Hall–Kier alpha value is -2.83. The predicted octanol–water partition coefficient (Wildman–Crippen LogP) is 4.10. The Bertz CT molecular complexity index is 1100. The number of amides is 1. The largest absolute Gasteiger partial charge is 0.497 e. The first kappa shape index (κ1) is 23.8. The molecule has 32 heavy (non-hydrogen) atoms. The van der Waals surface area contributed by atoms with Crippen LogP contribution >= 0.6 is 0 Å². The molecule has 0 unspecified atom stereocenters. The summed E-state index contributed by atoms with van der Waals surface area (Å²) < 4.78 is 103. The van der Waals surface area contributed by atoms with Gasteiger partial charge >= 0.3 is 11.7 Å².